The van der Waals surface area contributed by atoms with Gasteiger partial charge in [-0.15, -0.1) is 0 Å². The summed E-state index contributed by atoms with van der Waals surface area (Å²) >= 11 is 0. The topological polar surface area (TPSA) is 97.4 Å². The summed E-state index contributed by atoms with van der Waals surface area (Å²) in [4.78, 5) is 55.7. The van der Waals surface area contributed by atoms with Crippen molar-refractivity contribution in [2.24, 2.45) is 29.6 Å². The van der Waals surface area contributed by atoms with Gasteiger partial charge in [0.25, 0.3) is 0 Å². The smallest absolute Gasteiger partial charge is 0.239 e. The standard InChI is InChI=1S/C31H45N3O6/c1-20(2)18-33(19-26(35)32-17-23-9-7-6-8-10-23)27(36)14-16-34-28(37)22(4)25-12-11-21(3)24-13-15-30(5)38-29(34)31(24,25)40-39-30/h6-10,20-22,24-25,29H,11-19H2,1-5H3,(H,32,35)/t21-,22+,24?,25?,29?,30-,31+/m0/s1. The fraction of sp³-hybridized carbons (Fsp3) is 0.710. The summed E-state index contributed by atoms with van der Waals surface area (Å²) in [5, 5.41) is 2.92. The summed E-state index contributed by atoms with van der Waals surface area (Å²) in [6, 6.07) is 9.69. The molecular weight excluding hydrogens is 510 g/mol. The Balaban J connectivity index is 1.30. The number of carbonyl (C=O) groups is 3. The van der Waals surface area contributed by atoms with Gasteiger partial charge in [0.2, 0.25) is 23.5 Å². The van der Waals surface area contributed by atoms with Crippen molar-refractivity contribution in [1.29, 1.82) is 0 Å². The lowest BCUT2D eigenvalue weighted by Gasteiger charge is -2.61. The Morgan fingerprint density at radius 3 is 2.58 bits per heavy atom. The third-order valence-electron chi connectivity index (χ3n) is 9.53. The van der Waals surface area contributed by atoms with E-state index in [0.29, 0.717) is 25.4 Å². The molecule has 4 aliphatic heterocycles. The van der Waals surface area contributed by atoms with Crippen LogP contribution in [0, 0.1) is 29.6 Å². The first-order valence-electron chi connectivity index (χ1n) is 15.0. The van der Waals surface area contributed by atoms with Crippen molar-refractivity contribution < 1.29 is 28.9 Å². The van der Waals surface area contributed by atoms with Gasteiger partial charge >= 0.3 is 0 Å². The Bertz CT molecular complexity index is 1100. The van der Waals surface area contributed by atoms with Gasteiger partial charge in [-0.2, -0.15) is 0 Å². The monoisotopic (exact) mass is 555 g/mol. The molecule has 4 saturated heterocycles. The lowest BCUT2D eigenvalue weighted by atomic mass is 9.57. The number of piperidine rings is 1. The SMILES string of the molecule is CC(C)CN(CC(=O)NCc1ccccc1)C(=O)CCN1C(=O)[C@H](C)C2CC[C@H](C)C3CC[C@]4(C)OO[C@]32C1O4. The molecule has 1 aromatic rings. The molecule has 7 atom stereocenters. The highest BCUT2D eigenvalue weighted by Crippen LogP contribution is 2.60. The Hall–Kier alpha value is -2.49. The Morgan fingerprint density at radius 1 is 1.10 bits per heavy atom. The van der Waals surface area contributed by atoms with Gasteiger partial charge in [-0.25, -0.2) is 9.78 Å². The van der Waals surface area contributed by atoms with E-state index in [2.05, 4.69) is 12.2 Å². The predicted molar refractivity (Wildman–Crippen MR) is 148 cm³/mol. The molecule has 220 valence electrons. The normalized spacial score (nSPS) is 34.8. The second kappa shape index (κ2) is 11.4. The van der Waals surface area contributed by atoms with Crippen LogP contribution >= 0.6 is 0 Å². The number of fused-ring (bicyclic) bond motifs is 2. The van der Waals surface area contributed by atoms with E-state index in [-0.39, 0.29) is 60.9 Å². The van der Waals surface area contributed by atoms with Crippen LogP contribution in [0.4, 0.5) is 0 Å². The van der Waals surface area contributed by atoms with Gasteiger partial charge in [0.1, 0.15) is 0 Å². The fourth-order valence-electron chi connectivity index (χ4n) is 7.48. The Labute approximate surface area is 237 Å². The molecular formula is C31H45N3O6. The summed E-state index contributed by atoms with van der Waals surface area (Å²) in [5.74, 6) is -0.718. The maximum atomic E-state index is 13.8. The number of nitrogens with one attached hydrogen (secondary N) is 1. The van der Waals surface area contributed by atoms with Crippen LogP contribution in [0.1, 0.15) is 72.3 Å². The van der Waals surface area contributed by atoms with E-state index in [4.69, 9.17) is 14.5 Å². The zero-order chi connectivity index (χ0) is 28.7. The molecule has 9 heteroatoms. The summed E-state index contributed by atoms with van der Waals surface area (Å²) < 4.78 is 6.57. The van der Waals surface area contributed by atoms with Gasteiger partial charge in [-0.1, -0.05) is 58.0 Å². The minimum Gasteiger partial charge on any atom is -0.350 e. The number of nitrogens with zero attached hydrogens (tertiary/aromatic N) is 2. The molecule has 3 unspecified atom stereocenters. The highest BCUT2D eigenvalue weighted by atomic mass is 17.3. The van der Waals surface area contributed by atoms with Crippen LogP contribution < -0.4 is 5.32 Å². The molecule has 40 heavy (non-hydrogen) atoms. The number of likely N-dealkylation sites (tertiary alicyclic amines) is 1. The van der Waals surface area contributed by atoms with Gasteiger partial charge in [0.05, 0.1) is 6.54 Å². The summed E-state index contributed by atoms with van der Waals surface area (Å²) in [7, 11) is 0. The number of ether oxygens (including phenoxy) is 1. The van der Waals surface area contributed by atoms with Gasteiger partial charge in [0, 0.05) is 44.3 Å². The summed E-state index contributed by atoms with van der Waals surface area (Å²) in [6.45, 7) is 11.2. The largest absolute Gasteiger partial charge is 0.350 e. The molecule has 3 amide bonds. The molecule has 5 aliphatic rings. The number of hydrogen-bond acceptors (Lipinski definition) is 6. The van der Waals surface area contributed by atoms with E-state index in [0.717, 1.165) is 24.8 Å². The lowest BCUT2D eigenvalue weighted by molar-refractivity contribution is -0.547. The molecule has 2 bridgehead atoms. The molecule has 6 rings (SSSR count). The van der Waals surface area contributed by atoms with Gasteiger partial charge in [-0.05, 0) is 49.5 Å². The minimum atomic E-state index is -0.929. The molecule has 0 aromatic heterocycles. The van der Waals surface area contributed by atoms with Crippen molar-refractivity contribution in [2.75, 3.05) is 19.6 Å². The molecule has 5 fully saturated rings. The van der Waals surface area contributed by atoms with Crippen molar-refractivity contribution in [2.45, 2.75) is 90.9 Å². The highest BCUT2D eigenvalue weighted by Gasteiger charge is 2.70. The Kier molecular flexibility index (Phi) is 8.28. The summed E-state index contributed by atoms with van der Waals surface area (Å²) in [6.07, 6.45) is 3.06. The van der Waals surface area contributed by atoms with Crippen LogP contribution in [0.3, 0.4) is 0 Å². The van der Waals surface area contributed by atoms with Crippen molar-refractivity contribution in [3.8, 4) is 0 Å². The van der Waals surface area contributed by atoms with Crippen LogP contribution in [0.2, 0.25) is 0 Å². The molecule has 4 heterocycles. The highest BCUT2D eigenvalue weighted by molar-refractivity contribution is 5.85. The molecule has 9 nitrogen and oxygen atoms in total. The average Bonchev–Trinajstić information content (AvgIpc) is 3.16. The first-order chi connectivity index (χ1) is 19.0. The zero-order valence-electron chi connectivity index (χ0n) is 24.6. The van der Waals surface area contributed by atoms with E-state index in [1.165, 1.54) is 0 Å². The second-order valence-electron chi connectivity index (χ2n) is 12.9. The van der Waals surface area contributed by atoms with Crippen LogP contribution in [-0.4, -0.2) is 64.8 Å². The van der Waals surface area contributed by atoms with E-state index < -0.39 is 17.6 Å². The second-order valence-corrected chi connectivity index (χ2v) is 12.9. The van der Waals surface area contributed by atoms with E-state index in [9.17, 15) is 14.4 Å². The van der Waals surface area contributed by atoms with Gasteiger partial charge in [0.15, 0.2) is 11.8 Å². The van der Waals surface area contributed by atoms with E-state index >= 15 is 0 Å². The molecule has 1 aromatic carbocycles. The Morgan fingerprint density at radius 2 is 1.85 bits per heavy atom. The maximum absolute atomic E-state index is 13.8. The van der Waals surface area contributed by atoms with Gasteiger partial charge in [-0.3, -0.25) is 14.4 Å². The third-order valence-corrected chi connectivity index (χ3v) is 9.53. The van der Waals surface area contributed by atoms with Crippen molar-refractivity contribution in [3.05, 3.63) is 35.9 Å². The quantitative estimate of drug-likeness (QED) is 0.465. The first kappa shape index (κ1) is 29.0. The van der Waals surface area contributed by atoms with E-state index in [1.807, 2.05) is 58.0 Å². The number of benzene rings is 1. The van der Waals surface area contributed by atoms with E-state index in [1.54, 1.807) is 9.80 Å². The van der Waals surface area contributed by atoms with Crippen molar-refractivity contribution in [1.82, 2.24) is 15.1 Å². The van der Waals surface area contributed by atoms with Crippen LogP contribution in [0.15, 0.2) is 30.3 Å². The zero-order valence-corrected chi connectivity index (χ0v) is 24.6. The number of amides is 3. The predicted octanol–water partition coefficient (Wildman–Crippen LogP) is 3.87. The minimum absolute atomic E-state index is 0.00232. The molecule has 1 saturated carbocycles. The fourth-order valence-corrected chi connectivity index (χ4v) is 7.48. The van der Waals surface area contributed by atoms with Crippen molar-refractivity contribution >= 4 is 17.7 Å². The van der Waals surface area contributed by atoms with Crippen LogP contribution in [-0.2, 0) is 35.4 Å². The molecule has 0 radical (unpaired) electrons. The average molecular weight is 556 g/mol. The first-order valence-corrected chi connectivity index (χ1v) is 15.0. The molecule has 1 N–H and O–H groups in total. The van der Waals surface area contributed by atoms with Crippen LogP contribution in [0.5, 0.6) is 0 Å². The van der Waals surface area contributed by atoms with Gasteiger partial charge < -0.3 is 19.9 Å². The van der Waals surface area contributed by atoms with Crippen LogP contribution in [0.25, 0.3) is 0 Å². The number of carbonyl (C=O) groups excluding carboxylic acids is 3. The molecule has 1 spiro atoms. The molecule has 1 aliphatic carbocycles. The number of rotatable bonds is 9. The lowest BCUT2D eigenvalue weighted by Crippen LogP contribution is -2.75. The summed E-state index contributed by atoms with van der Waals surface area (Å²) in [5.41, 5.74) is 0.264. The van der Waals surface area contributed by atoms with Crippen molar-refractivity contribution in [3.63, 3.8) is 0 Å². The number of hydrogen-bond donors (Lipinski definition) is 1. The maximum Gasteiger partial charge on any atom is 0.239 e. The third kappa shape index (κ3) is 5.40.